The molecule has 0 bridgehead atoms. The lowest BCUT2D eigenvalue weighted by atomic mass is 9.81. The molecule has 0 saturated carbocycles. The van der Waals surface area contributed by atoms with Gasteiger partial charge in [-0.05, 0) is 31.9 Å². The molecule has 1 heterocycles. The van der Waals surface area contributed by atoms with E-state index in [-0.39, 0.29) is 24.0 Å². The van der Waals surface area contributed by atoms with Crippen LogP contribution >= 0.6 is 0 Å². The summed E-state index contributed by atoms with van der Waals surface area (Å²) in [7, 11) is 0. The lowest BCUT2D eigenvalue weighted by Crippen LogP contribution is -2.26. The first kappa shape index (κ1) is 22.4. The summed E-state index contributed by atoms with van der Waals surface area (Å²) in [4.78, 5) is 15.5. The number of oxazole rings is 1. The number of carbonyl (C=O) groups is 1. The molecule has 3 rings (SSSR count). The van der Waals surface area contributed by atoms with Crippen molar-refractivity contribution in [2.24, 2.45) is 0 Å². The molecule has 0 fully saturated rings. The van der Waals surface area contributed by atoms with Crippen molar-refractivity contribution in [3.8, 4) is 0 Å². The molecule has 0 N–H and O–H groups in total. The van der Waals surface area contributed by atoms with Crippen LogP contribution in [0.15, 0.2) is 77.7 Å². The molecule has 0 aliphatic heterocycles. The number of rotatable bonds is 4. The van der Waals surface area contributed by atoms with Crippen LogP contribution in [0.1, 0.15) is 58.9 Å². The number of nitrogens with zero attached hydrogens (tertiary/aromatic N) is 1. The minimum atomic E-state index is -0.346. The topological polar surface area (TPSA) is 43.1 Å². The molecular formula is C24H31NO2. The van der Waals surface area contributed by atoms with Crippen molar-refractivity contribution in [1.82, 2.24) is 4.98 Å². The zero-order valence-electron chi connectivity index (χ0n) is 16.2. The van der Waals surface area contributed by atoms with E-state index in [0.717, 1.165) is 11.3 Å². The lowest BCUT2D eigenvalue weighted by molar-refractivity contribution is -0.121. The number of hydrogen-bond donors (Lipinski definition) is 0. The minimum absolute atomic E-state index is 0. The third-order valence-electron chi connectivity index (χ3n) is 4.94. The van der Waals surface area contributed by atoms with E-state index in [2.05, 4.69) is 31.0 Å². The molecule has 3 aromatic rings. The van der Waals surface area contributed by atoms with E-state index in [9.17, 15) is 4.79 Å². The first-order chi connectivity index (χ1) is 12.3. The van der Waals surface area contributed by atoms with Crippen molar-refractivity contribution in [3.05, 3.63) is 90.1 Å². The van der Waals surface area contributed by atoms with Gasteiger partial charge in [0.05, 0.1) is 5.69 Å². The Balaban J connectivity index is 0.000000264. The van der Waals surface area contributed by atoms with Gasteiger partial charge in [-0.1, -0.05) is 81.9 Å². The van der Waals surface area contributed by atoms with Gasteiger partial charge in [0.1, 0.15) is 12.0 Å². The average molecular weight is 366 g/mol. The van der Waals surface area contributed by atoms with Crippen LogP contribution in [0.4, 0.5) is 0 Å². The summed E-state index contributed by atoms with van der Waals surface area (Å²) in [6.45, 7) is 9.81. The zero-order valence-corrected chi connectivity index (χ0v) is 16.2. The third-order valence-corrected chi connectivity index (χ3v) is 4.94. The maximum Gasteiger partial charge on any atom is 0.180 e. The molecule has 0 amide bonds. The second-order valence-electron chi connectivity index (χ2n) is 7.41. The fourth-order valence-corrected chi connectivity index (χ4v) is 2.58. The highest BCUT2D eigenvalue weighted by atomic mass is 16.3. The van der Waals surface area contributed by atoms with Crippen molar-refractivity contribution in [1.29, 1.82) is 0 Å². The van der Waals surface area contributed by atoms with E-state index < -0.39 is 0 Å². The molecule has 0 radical (unpaired) electrons. The third kappa shape index (κ3) is 5.40. The Morgan fingerprint density at radius 2 is 1.33 bits per heavy atom. The number of aromatic nitrogens is 1. The van der Waals surface area contributed by atoms with Crippen LogP contribution in [0, 0.1) is 0 Å². The monoisotopic (exact) mass is 365 g/mol. The maximum absolute atomic E-state index is 11.3. The summed E-state index contributed by atoms with van der Waals surface area (Å²) in [6.07, 6.45) is 3.17. The van der Waals surface area contributed by atoms with E-state index in [0.29, 0.717) is 0 Å². The van der Waals surface area contributed by atoms with Crippen LogP contribution in [0.5, 0.6) is 0 Å². The number of ketones is 1. The summed E-state index contributed by atoms with van der Waals surface area (Å²) in [5, 5.41) is 0. The highest BCUT2D eigenvalue weighted by Crippen LogP contribution is 2.29. The molecule has 3 heteroatoms. The Hall–Kier alpha value is -2.68. The van der Waals surface area contributed by atoms with E-state index in [1.54, 1.807) is 13.2 Å². The molecule has 3 nitrogen and oxygen atoms in total. The highest BCUT2D eigenvalue weighted by molar-refractivity contribution is 5.87. The average Bonchev–Trinajstić information content (AvgIpc) is 3.19. The molecule has 1 aromatic heterocycles. The number of carbonyl (C=O) groups excluding carboxylic acids is 1. The summed E-state index contributed by atoms with van der Waals surface area (Å²) >= 11 is 0. The van der Waals surface area contributed by atoms with Crippen LogP contribution in [0.3, 0.4) is 0 Å². The summed E-state index contributed by atoms with van der Waals surface area (Å²) in [5.41, 5.74) is 2.85. The Morgan fingerprint density at radius 1 is 0.852 bits per heavy atom. The van der Waals surface area contributed by atoms with Crippen molar-refractivity contribution in [2.45, 2.75) is 52.9 Å². The Labute approximate surface area is 163 Å². The molecule has 0 aliphatic carbocycles. The number of hydrogen-bond acceptors (Lipinski definition) is 3. The SMILES string of the molecule is C.CC(=O)C(C)(C)c1ccccc1.CC(C)(c1ccccc1)c1cocn1. The van der Waals surface area contributed by atoms with Gasteiger partial charge in [0.2, 0.25) is 0 Å². The van der Waals surface area contributed by atoms with Gasteiger partial charge in [-0.15, -0.1) is 0 Å². The van der Waals surface area contributed by atoms with Gasteiger partial charge >= 0.3 is 0 Å². The second kappa shape index (κ2) is 9.31. The first-order valence-corrected chi connectivity index (χ1v) is 8.77. The molecule has 0 unspecified atom stereocenters. The van der Waals surface area contributed by atoms with Crippen LogP contribution in [-0.4, -0.2) is 10.8 Å². The van der Waals surface area contributed by atoms with Gasteiger partial charge in [-0.3, -0.25) is 4.79 Å². The number of benzene rings is 2. The zero-order chi connectivity index (χ0) is 19.2. The summed E-state index contributed by atoms with van der Waals surface area (Å²) in [5.74, 6) is 0.203. The molecule has 0 atom stereocenters. The van der Waals surface area contributed by atoms with Gasteiger partial charge in [0.15, 0.2) is 6.39 Å². The van der Waals surface area contributed by atoms with Gasteiger partial charge in [0, 0.05) is 10.8 Å². The van der Waals surface area contributed by atoms with Crippen molar-refractivity contribution in [2.75, 3.05) is 0 Å². The fourth-order valence-electron chi connectivity index (χ4n) is 2.58. The van der Waals surface area contributed by atoms with Crippen molar-refractivity contribution in [3.63, 3.8) is 0 Å². The van der Waals surface area contributed by atoms with Gasteiger partial charge in [-0.2, -0.15) is 0 Å². The second-order valence-corrected chi connectivity index (χ2v) is 7.41. The molecule has 0 saturated heterocycles. The predicted octanol–water partition coefficient (Wildman–Crippen LogP) is 6.19. The van der Waals surface area contributed by atoms with Crippen LogP contribution in [0.2, 0.25) is 0 Å². The first-order valence-electron chi connectivity index (χ1n) is 8.77. The Bertz CT molecular complexity index is 804. The van der Waals surface area contributed by atoms with Crippen molar-refractivity contribution >= 4 is 5.78 Å². The standard InChI is InChI=1S/C12H13NO.C11H14O.CH4/c1-12(2,11-8-14-9-13-11)10-6-4-3-5-7-10;1-9(12)11(2,3)10-7-5-4-6-8-10;/h3-9H,1-2H3;4-8H,1-3H3;1H4. The summed E-state index contributed by atoms with van der Waals surface area (Å²) < 4.78 is 5.01. The summed E-state index contributed by atoms with van der Waals surface area (Å²) in [6, 6.07) is 20.2. The highest BCUT2D eigenvalue weighted by Gasteiger charge is 2.25. The normalized spacial score (nSPS) is 11.0. The maximum atomic E-state index is 11.3. The van der Waals surface area contributed by atoms with E-state index in [1.807, 2.05) is 62.4 Å². The Morgan fingerprint density at radius 3 is 1.74 bits per heavy atom. The van der Waals surface area contributed by atoms with Gasteiger partial charge in [0.25, 0.3) is 0 Å². The number of Topliss-reactive ketones (excluding diaryl/α,β-unsaturated/α-hetero) is 1. The van der Waals surface area contributed by atoms with Crippen LogP contribution in [0.25, 0.3) is 0 Å². The predicted molar refractivity (Wildman–Crippen MR) is 112 cm³/mol. The van der Waals surface area contributed by atoms with Crippen molar-refractivity contribution < 1.29 is 9.21 Å². The smallest absolute Gasteiger partial charge is 0.180 e. The van der Waals surface area contributed by atoms with Crippen LogP contribution in [-0.2, 0) is 15.6 Å². The molecule has 0 spiro atoms. The van der Waals surface area contributed by atoms with E-state index >= 15 is 0 Å². The fraction of sp³-hybridized carbons (Fsp3) is 0.333. The largest absolute Gasteiger partial charge is 0.451 e. The van der Waals surface area contributed by atoms with Crippen LogP contribution < -0.4 is 0 Å². The van der Waals surface area contributed by atoms with Gasteiger partial charge in [-0.25, -0.2) is 4.98 Å². The lowest BCUT2D eigenvalue weighted by Gasteiger charge is -2.22. The minimum Gasteiger partial charge on any atom is -0.451 e. The quantitative estimate of drug-likeness (QED) is 0.553. The Kier molecular flexibility index (Phi) is 7.71. The molecular weight excluding hydrogens is 334 g/mol. The molecule has 144 valence electrons. The van der Waals surface area contributed by atoms with E-state index in [4.69, 9.17) is 4.42 Å². The molecule has 0 aliphatic rings. The van der Waals surface area contributed by atoms with E-state index in [1.165, 1.54) is 12.0 Å². The van der Waals surface area contributed by atoms with Gasteiger partial charge < -0.3 is 4.42 Å². The molecule has 2 aromatic carbocycles. The molecule has 27 heavy (non-hydrogen) atoms.